The van der Waals surface area contributed by atoms with Crippen molar-refractivity contribution in [3.8, 4) is 5.69 Å². The molecule has 0 saturated heterocycles. The van der Waals surface area contributed by atoms with Crippen LogP contribution in [0.4, 0.5) is 0 Å². The predicted molar refractivity (Wildman–Crippen MR) is 134 cm³/mol. The third-order valence-corrected chi connectivity index (χ3v) is 7.07. The summed E-state index contributed by atoms with van der Waals surface area (Å²) in [5.41, 5.74) is 4.25. The molecule has 1 aromatic carbocycles. The molecule has 0 unspecified atom stereocenters. The zero-order valence-corrected chi connectivity index (χ0v) is 19.8. The van der Waals surface area contributed by atoms with Gasteiger partial charge in [-0.1, -0.05) is 29.3 Å². The SMILES string of the molecule is Cc1cc(/C=C2/C(=N)N3N=C(c4cccnc4)SC3=NC2=O)c(C)n1-c1cccc(Cl)c1Cl. The van der Waals surface area contributed by atoms with Gasteiger partial charge < -0.3 is 4.57 Å². The van der Waals surface area contributed by atoms with Gasteiger partial charge in [0.25, 0.3) is 5.91 Å². The van der Waals surface area contributed by atoms with E-state index in [1.807, 2.05) is 42.7 Å². The first kappa shape index (κ1) is 21.6. The van der Waals surface area contributed by atoms with Crippen molar-refractivity contribution >= 4 is 63.0 Å². The van der Waals surface area contributed by atoms with E-state index in [1.54, 1.807) is 30.6 Å². The van der Waals surface area contributed by atoms with Gasteiger partial charge in [0.15, 0.2) is 5.84 Å². The second-order valence-corrected chi connectivity index (χ2v) is 9.14. The minimum Gasteiger partial charge on any atom is -0.316 e. The molecule has 2 aliphatic heterocycles. The normalized spacial score (nSPS) is 16.8. The molecule has 0 bridgehead atoms. The van der Waals surface area contributed by atoms with E-state index >= 15 is 0 Å². The Balaban J connectivity index is 1.54. The number of aryl methyl sites for hydroxylation is 1. The monoisotopic (exact) mass is 494 g/mol. The molecule has 1 N–H and O–H groups in total. The van der Waals surface area contributed by atoms with Gasteiger partial charge in [-0.25, -0.2) is 0 Å². The lowest BCUT2D eigenvalue weighted by Crippen LogP contribution is -2.35. The van der Waals surface area contributed by atoms with Gasteiger partial charge in [-0.2, -0.15) is 15.1 Å². The number of rotatable bonds is 3. The standard InChI is InChI=1S/C23H16Cl2N6OS/c1-12-9-15(13(2)30(12)18-7-3-6-17(24)19(18)25)10-16-20(26)31-23(28-21(16)32)33-22(29-31)14-5-4-8-27-11-14/h3-11,26H,1-2H3/b16-10-,26-20?. The third-order valence-electron chi connectivity index (χ3n) is 5.31. The van der Waals surface area contributed by atoms with Crippen molar-refractivity contribution in [2.45, 2.75) is 13.8 Å². The van der Waals surface area contributed by atoms with E-state index in [4.69, 9.17) is 28.6 Å². The molecule has 0 spiro atoms. The first-order valence-electron chi connectivity index (χ1n) is 9.89. The number of nitrogens with zero attached hydrogens (tertiary/aromatic N) is 5. The topological polar surface area (TPSA) is 86.7 Å². The number of hydrogen-bond acceptors (Lipinski definition) is 5. The van der Waals surface area contributed by atoms with Gasteiger partial charge >= 0.3 is 0 Å². The van der Waals surface area contributed by atoms with Crippen LogP contribution in [0.15, 0.2) is 64.5 Å². The number of fused-ring (bicyclic) bond motifs is 1. The maximum atomic E-state index is 12.8. The first-order valence-corrected chi connectivity index (χ1v) is 11.5. The highest BCUT2D eigenvalue weighted by Gasteiger charge is 2.36. The van der Waals surface area contributed by atoms with Crippen molar-refractivity contribution in [2.24, 2.45) is 10.1 Å². The molecule has 164 valence electrons. The van der Waals surface area contributed by atoms with Crippen LogP contribution in [0.2, 0.25) is 10.0 Å². The van der Waals surface area contributed by atoms with Crippen LogP contribution in [0.1, 0.15) is 22.5 Å². The van der Waals surface area contributed by atoms with Crippen LogP contribution in [0.3, 0.4) is 0 Å². The van der Waals surface area contributed by atoms with Gasteiger partial charge in [0.2, 0.25) is 5.17 Å². The molecule has 0 saturated carbocycles. The first-order chi connectivity index (χ1) is 15.8. The fourth-order valence-electron chi connectivity index (χ4n) is 3.72. The number of amidine groups is 2. The molecule has 0 radical (unpaired) electrons. The largest absolute Gasteiger partial charge is 0.316 e. The second-order valence-electron chi connectivity index (χ2n) is 7.40. The molecule has 0 aliphatic carbocycles. The maximum absolute atomic E-state index is 12.8. The summed E-state index contributed by atoms with van der Waals surface area (Å²) in [5, 5.41) is 16.4. The van der Waals surface area contributed by atoms with E-state index in [1.165, 1.54) is 16.8 Å². The van der Waals surface area contributed by atoms with Crippen molar-refractivity contribution in [1.29, 1.82) is 5.41 Å². The average Bonchev–Trinajstić information content (AvgIpc) is 3.34. The Kier molecular flexibility index (Phi) is 5.44. The average molecular weight is 495 g/mol. The molecule has 4 heterocycles. The molecule has 1 amide bonds. The molecule has 3 aromatic rings. The smallest absolute Gasteiger partial charge is 0.283 e. The number of aliphatic imine (C=N–C) groups is 1. The van der Waals surface area contributed by atoms with E-state index in [0.29, 0.717) is 20.3 Å². The summed E-state index contributed by atoms with van der Waals surface area (Å²) in [4.78, 5) is 21.1. The fourth-order valence-corrected chi connectivity index (χ4v) is 4.98. The van der Waals surface area contributed by atoms with Crippen molar-refractivity contribution in [3.63, 3.8) is 0 Å². The zero-order chi connectivity index (χ0) is 23.3. The molecule has 2 aliphatic rings. The Morgan fingerprint density at radius 3 is 2.73 bits per heavy atom. The van der Waals surface area contributed by atoms with Crippen molar-refractivity contribution < 1.29 is 4.79 Å². The maximum Gasteiger partial charge on any atom is 0.283 e. The summed E-state index contributed by atoms with van der Waals surface area (Å²) < 4.78 is 1.97. The number of hydrazone groups is 1. The number of pyridine rings is 1. The van der Waals surface area contributed by atoms with Crippen molar-refractivity contribution in [1.82, 2.24) is 14.6 Å². The molecule has 0 atom stereocenters. The summed E-state index contributed by atoms with van der Waals surface area (Å²) in [7, 11) is 0. The van der Waals surface area contributed by atoms with Crippen LogP contribution >= 0.6 is 35.0 Å². The van der Waals surface area contributed by atoms with Gasteiger partial charge in [-0.3, -0.25) is 15.2 Å². The van der Waals surface area contributed by atoms with E-state index in [9.17, 15) is 4.79 Å². The lowest BCUT2D eigenvalue weighted by molar-refractivity contribution is -0.114. The molecule has 5 rings (SSSR count). The Hall–Kier alpha value is -3.20. The molecule has 10 heteroatoms. The molecule has 33 heavy (non-hydrogen) atoms. The van der Waals surface area contributed by atoms with Gasteiger partial charge in [-0.15, -0.1) is 0 Å². The number of carbonyl (C=O) groups is 1. The number of halogens is 2. The fraction of sp³-hybridized carbons (Fsp3) is 0.0870. The van der Waals surface area contributed by atoms with Crippen molar-refractivity contribution in [2.75, 3.05) is 0 Å². The zero-order valence-electron chi connectivity index (χ0n) is 17.5. The number of aromatic nitrogens is 2. The number of hydrogen-bond donors (Lipinski definition) is 1. The third kappa shape index (κ3) is 3.70. The number of benzene rings is 1. The Morgan fingerprint density at radius 1 is 1.15 bits per heavy atom. The van der Waals surface area contributed by atoms with Crippen LogP contribution in [0.5, 0.6) is 0 Å². The second kappa shape index (κ2) is 8.30. The minimum atomic E-state index is -0.480. The summed E-state index contributed by atoms with van der Waals surface area (Å²) in [5.74, 6) is -0.506. The van der Waals surface area contributed by atoms with Gasteiger partial charge in [0, 0.05) is 29.3 Å². The van der Waals surface area contributed by atoms with Crippen LogP contribution < -0.4 is 0 Å². The summed E-state index contributed by atoms with van der Waals surface area (Å²) in [6, 6.07) is 11.1. The highest BCUT2D eigenvalue weighted by Crippen LogP contribution is 2.34. The lowest BCUT2D eigenvalue weighted by atomic mass is 10.1. The molecule has 7 nitrogen and oxygen atoms in total. The van der Waals surface area contributed by atoms with E-state index < -0.39 is 5.91 Å². The predicted octanol–water partition coefficient (Wildman–Crippen LogP) is 5.46. The van der Waals surface area contributed by atoms with Crippen LogP contribution in [-0.2, 0) is 4.79 Å². The molecule has 0 fully saturated rings. The number of nitrogens with one attached hydrogen (secondary N) is 1. The highest BCUT2D eigenvalue weighted by atomic mass is 35.5. The van der Waals surface area contributed by atoms with E-state index in [2.05, 4.69) is 15.1 Å². The summed E-state index contributed by atoms with van der Waals surface area (Å²) >= 11 is 13.9. The number of amides is 1. The van der Waals surface area contributed by atoms with Crippen LogP contribution in [0, 0.1) is 19.3 Å². The molecular formula is C23H16Cl2N6OS. The number of thioether (sulfide) groups is 1. The quantitative estimate of drug-likeness (QED) is 0.489. The lowest BCUT2D eigenvalue weighted by Gasteiger charge is -2.20. The minimum absolute atomic E-state index is 0.0259. The van der Waals surface area contributed by atoms with E-state index in [0.717, 1.165) is 28.2 Å². The number of carbonyl (C=O) groups excluding carboxylic acids is 1. The Labute approximate surface area is 203 Å². The summed E-state index contributed by atoms with van der Waals surface area (Å²) in [6.07, 6.45) is 5.03. The summed E-state index contributed by atoms with van der Waals surface area (Å²) in [6.45, 7) is 3.87. The van der Waals surface area contributed by atoms with Gasteiger partial charge in [0.05, 0.1) is 21.3 Å². The Bertz CT molecular complexity index is 1420. The van der Waals surface area contributed by atoms with Crippen LogP contribution in [0.25, 0.3) is 11.8 Å². The van der Waals surface area contributed by atoms with E-state index in [-0.39, 0.29) is 11.4 Å². The Morgan fingerprint density at radius 2 is 1.97 bits per heavy atom. The van der Waals surface area contributed by atoms with Gasteiger partial charge in [-0.05, 0) is 67.6 Å². The van der Waals surface area contributed by atoms with Crippen molar-refractivity contribution in [3.05, 3.63) is 86.9 Å². The van der Waals surface area contributed by atoms with Gasteiger partial charge in [0.1, 0.15) is 5.04 Å². The molecule has 2 aromatic heterocycles. The van der Waals surface area contributed by atoms with Crippen LogP contribution in [-0.4, -0.2) is 36.5 Å². The molecular weight excluding hydrogens is 479 g/mol. The highest BCUT2D eigenvalue weighted by molar-refractivity contribution is 8.27.